The Morgan fingerprint density at radius 1 is 1.28 bits per heavy atom. The number of benzene rings is 2. The molecule has 170 valence electrons. The van der Waals surface area contributed by atoms with Gasteiger partial charge in [-0.25, -0.2) is 9.18 Å². The van der Waals surface area contributed by atoms with Crippen LogP contribution in [-0.2, 0) is 16.0 Å². The average molecular weight is 462 g/mol. The third-order valence-corrected chi connectivity index (χ3v) is 5.60. The van der Waals surface area contributed by atoms with Crippen LogP contribution in [0.15, 0.2) is 48.5 Å². The summed E-state index contributed by atoms with van der Waals surface area (Å²) in [6, 6.07) is 12.6. The van der Waals surface area contributed by atoms with Crippen molar-refractivity contribution >= 4 is 29.4 Å². The van der Waals surface area contributed by atoms with Crippen LogP contribution < -0.4 is 15.4 Å². The third kappa shape index (κ3) is 5.19. The van der Waals surface area contributed by atoms with Gasteiger partial charge < -0.3 is 15.4 Å². The number of nitrogens with one attached hydrogen (secondary N) is 2. The average Bonchev–Trinajstić information content (AvgIpc) is 2.90. The van der Waals surface area contributed by atoms with E-state index in [2.05, 4.69) is 10.6 Å². The highest BCUT2D eigenvalue weighted by atomic mass is 35.5. The number of methoxy groups -OCH3 is 1. The highest BCUT2D eigenvalue weighted by Crippen LogP contribution is 2.30. The Morgan fingerprint density at radius 2 is 2.00 bits per heavy atom. The lowest BCUT2D eigenvalue weighted by Crippen LogP contribution is -2.54. The normalized spacial score (nSPS) is 19.7. The number of ether oxygens (including phenoxy) is 1. The van der Waals surface area contributed by atoms with Crippen LogP contribution in [-0.4, -0.2) is 48.6 Å². The number of imide groups is 1. The van der Waals surface area contributed by atoms with Crippen LogP contribution in [0.3, 0.4) is 0 Å². The molecule has 0 radical (unpaired) electrons. The summed E-state index contributed by atoms with van der Waals surface area (Å²) in [5.74, 6) is -1.38. The first-order valence-corrected chi connectivity index (χ1v) is 10.6. The number of rotatable bonds is 6. The van der Waals surface area contributed by atoms with Crippen molar-refractivity contribution in [3.8, 4) is 5.75 Å². The van der Waals surface area contributed by atoms with Crippen molar-refractivity contribution in [1.29, 1.82) is 0 Å². The smallest absolute Gasteiger partial charge is 0.325 e. The molecule has 2 aromatic carbocycles. The molecule has 0 bridgehead atoms. The first-order valence-electron chi connectivity index (χ1n) is 10.2. The molecule has 4 amide bonds. The maximum atomic E-state index is 16.0. The first kappa shape index (κ1) is 23.5. The Bertz CT molecular complexity index is 1000. The van der Waals surface area contributed by atoms with Crippen molar-refractivity contribution in [2.24, 2.45) is 0 Å². The van der Waals surface area contributed by atoms with E-state index in [-0.39, 0.29) is 0 Å². The van der Waals surface area contributed by atoms with Gasteiger partial charge in [0, 0.05) is 11.4 Å². The van der Waals surface area contributed by atoms with Crippen LogP contribution in [0.2, 0.25) is 5.02 Å². The topological polar surface area (TPSA) is 87.7 Å². The molecular weight excluding hydrogens is 437 g/mol. The summed E-state index contributed by atoms with van der Waals surface area (Å²) in [6.07, 6.45) is 0.125. The fourth-order valence-electron chi connectivity index (χ4n) is 3.65. The second-order valence-electron chi connectivity index (χ2n) is 7.59. The highest BCUT2D eigenvalue weighted by molar-refractivity contribution is 6.30. The van der Waals surface area contributed by atoms with E-state index in [9.17, 15) is 14.4 Å². The maximum absolute atomic E-state index is 16.0. The fraction of sp³-hybridized carbons (Fsp3) is 0.348. The first-order chi connectivity index (χ1) is 15.3. The molecule has 1 unspecified atom stereocenters. The van der Waals surface area contributed by atoms with Gasteiger partial charge in [0.15, 0.2) is 0 Å². The number of amides is 4. The molecule has 2 atom stereocenters. The van der Waals surface area contributed by atoms with E-state index >= 15 is 4.39 Å². The quantitative estimate of drug-likeness (QED) is 0.690. The standard InChI is InChI=1S/C23H25ClFN3O4/c1-3-18(15-7-5-4-6-8-15)27-22(31)28-13-20(29)26-14-23(25,21(28)30)12-16-11-17(24)9-10-19(16)32-2/h4-11,18H,3,12-14H2,1-2H3,(H,26,29)(H,27,31)/t18-,23?/m1/s1. The number of alkyl halides is 1. The summed E-state index contributed by atoms with van der Waals surface area (Å²) in [5.41, 5.74) is -1.37. The van der Waals surface area contributed by atoms with Gasteiger partial charge in [-0.2, -0.15) is 0 Å². The number of urea groups is 1. The lowest BCUT2D eigenvalue weighted by molar-refractivity contribution is -0.140. The van der Waals surface area contributed by atoms with Crippen molar-refractivity contribution in [2.75, 3.05) is 20.2 Å². The molecule has 9 heteroatoms. The molecule has 1 fully saturated rings. The highest BCUT2D eigenvalue weighted by Gasteiger charge is 2.47. The molecular formula is C23H25ClFN3O4. The molecule has 1 heterocycles. The van der Waals surface area contributed by atoms with Crippen molar-refractivity contribution in [1.82, 2.24) is 15.5 Å². The molecule has 2 N–H and O–H groups in total. The monoisotopic (exact) mass is 461 g/mol. The zero-order valence-electron chi connectivity index (χ0n) is 17.9. The molecule has 3 rings (SSSR count). The van der Waals surface area contributed by atoms with Crippen molar-refractivity contribution in [3.05, 3.63) is 64.7 Å². The minimum Gasteiger partial charge on any atom is -0.496 e. The van der Waals surface area contributed by atoms with Crippen LogP contribution >= 0.6 is 11.6 Å². The maximum Gasteiger partial charge on any atom is 0.325 e. The van der Waals surface area contributed by atoms with E-state index in [4.69, 9.17) is 16.3 Å². The van der Waals surface area contributed by atoms with Gasteiger partial charge in [0.1, 0.15) is 12.3 Å². The second kappa shape index (κ2) is 9.99. The van der Waals surface area contributed by atoms with Crippen LogP contribution in [0.1, 0.15) is 30.5 Å². The van der Waals surface area contributed by atoms with E-state index in [1.807, 2.05) is 37.3 Å². The molecule has 32 heavy (non-hydrogen) atoms. The number of carbonyl (C=O) groups excluding carboxylic acids is 3. The molecule has 1 saturated heterocycles. The Balaban J connectivity index is 1.86. The summed E-state index contributed by atoms with van der Waals surface area (Å²) in [5, 5.41) is 5.48. The van der Waals surface area contributed by atoms with Gasteiger partial charge >= 0.3 is 6.03 Å². The van der Waals surface area contributed by atoms with Gasteiger partial charge in [0.25, 0.3) is 5.91 Å². The van der Waals surface area contributed by atoms with Gasteiger partial charge in [0.05, 0.1) is 19.7 Å². The summed E-state index contributed by atoms with van der Waals surface area (Å²) >= 11 is 6.03. The predicted molar refractivity (Wildman–Crippen MR) is 118 cm³/mol. The minimum atomic E-state index is -2.56. The number of halogens is 2. The minimum absolute atomic E-state index is 0.345. The number of carbonyl (C=O) groups is 3. The molecule has 0 spiro atoms. The SMILES string of the molecule is CC[C@@H](NC(=O)N1CC(=O)NCC(F)(Cc2cc(Cl)ccc2OC)C1=O)c1ccccc1. The second-order valence-corrected chi connectivity index (χ2v) is 8.02. The number of nitrogens with zero attached hydrogens (tertiary/aromatic N) is 1. The number of hydrogen-bond acceptors (Lipinski definition) is 4. The molecule has 7 nitrogen and oxygen atoms in total. The van der Waals surface area contributed by atoms with Crippen molar-refractivity contribution in [3.63, 3.8) is 0 Å². The fourth-order valence-corrected chi connectivity index (χ4v) is 3.84. The van der Waals surface area contributed by atoms with Gasteiger partial charge in [-0.15, -0.1) is 0 Å². The van der Waals surface area contributed by atoms with E-state index < -0.39 is 49.1 Å². The van der Waals surface area contributed by atoms with E-state index in [1.54, 1.807) is 12.1 Å². The number of hydrogen-bond donors (Lipinski definition) is 2. The Hall–Kier alpha value is -3.13. The third-order valence-electron chi connectivity index (χ3n) is 5.36. The summed E-state index contributed by atoms with van der Waals surface area (Å²) in [7, 11) is 1.42. The van der Waals surface area contributed by atoms with Crippen LogP contribution in [0, 0.1) is 0 Å². The summed E-state index contributed by atoms with van der Waals surface area (Å²) in [6.45, 7) is 0.730. The molecule has 0 saturated carbocycles. The molecule has 0 aliphatic carbocycles. The molecule has 2 aromatic rings. The summed E-state index contributed by atoms with van der Waals surface area (Å²) in [4.78, 5) is 39.0. The van der Waals surface area contributed by atoms with E-state index in [0.29, 0.717) is 27.7 Å². The van der Waals surface area contributed by atoms with Gasteiger partial charge in [0.2, 0.25) is 11.6 Å². The van der Waals surface area contributed by atoms with Crippen LogP contribution in [0.5, 0.6) is 5.75 Å². The van der Waals surface area contributed by atoms with Crippen LogP contribution in [0.25, 0.3) is 0 Å². The van der Waals surface area contributed by atoms with E-state index in [1.165, 1.54) is 13.2 Å². The molecule has 1 aliphatic rings. The Morgan fingerprint density at radius 3 is 2.66 bits per heavy atom. The summed E-state index contributed by atoms with van der Waals surface area (Å²) < 4.78 is 21.2. The van der Waals surface area contributed by atoms with Gasteiger partial charge in [-0.3, -0.25) is 14.5 Å². The van der Waals surface area contributed by atoms with Crippen molar-refractivity contribution in [2.45, 2.75) is 31.5 Å². The van der Waals surface area contributed by atoms with Crippen molar-refractivity contribution < 1.29 is 23.5 Å². The van der Waals surface area contributed by atoms with Gasteiger partial charge in [-0.1, -0.05) is 48.9 Å². The zero-order chi connectivity index (χ0) is 23.3. The van der Waals surface area contributed by atoms with Gasteiger partial charge in [-0.05, 0) is 35.7 Å². The molecule has 0 aromatic heterocycles. The molecule has 1 aliphatic heterocycles. The van der Waals surface area contributed by atoms with E-state index in [0.717, 1.165) is 5.56 Å². The largest absolute Gasteiger partial charge is 0.496 e. The lowest BCUT2D eigenvalue weighted by atomic mass is 9.94. The predicted octanol–water partition coefficient (Wildman–Crippen LogP) is 3.42. The Kier molecular flexibility index (Phi) is 7.35. The van der Waals surface area contributed by atoms with Crippen LogP contribution in [0.4, 0.5) is 9.18 Å². The lowest BCUT2D eigenvalue weighted by Gasteiger charge is -2.28. The zero-order valence-corrected chi connectivity index (χ0v) is 18.6. The Labute approximate surface area is 190 Å².